The summed E-state index contributed by atoms with van der Waals surface area (Å²) in [4.78, 5) is 11.5. The van der Waals surface area contributed by atoms with Gasteiger partial charge in [0.15, 0.2) is 6.29 Å². The molecule has 0 amide bonds. The van der Waals surface area contributed by atoms with Crippen molar-refractivity contribution in [1.82, 2.24) is 0 Å². The summed E-state index contributed by atoms with van der Waals surface area (Å²) in [5.74, 6) is 1.36. The van der Waals surface area contributed by atoms with Crippen LogP contribution in [0.5, 0.6) is 0 Å². The van der Waals surface area contributed by atoms with Crippen LogP contribution in [0.4, 0.5) is 0 Å². The van der Waals surface area contributed by atoms with Crippen molar-refractivity contribution < 1.29 is 14.3 Å². The number of ketones is 1. The Kier molecular flexibility index (Phi) is 2.37. The Hall–Kier alpha value is -0.670. The van der Waals surface area contributed by atoms with Gasteiger partial charge in [-0.05, 0) is 18.8 Å². The molecule has 1 saturated carbocycles. The summed E-state index contributed by atoms with van der Waals surface area (Å²) in [6.07, 6.45) is 8.02. The molecule has 4 atom stereocenters. The minimum absolute atomic E-state index is 0.0360. The molecule has 15 heavy (non-hydrogen) atoms. The monoisotopic (exact) mass is 208 g/mol. The molecule has 2 fully saturated rings. The van der Waals surface area contributed by atoms with Crippen LogP contribution in [0.2, 0.25) is 0 Å². The highest BCUT2D eigenvalue weighted by Crippen LogP contribution is 2.44. The van der Waals surface area contributed by atoms with Gasteiger partial charge in [0.2, 0.25) is 0 Å². The van der Waals surface area contributed by atoms with Crippen LogP contribution in [-0.2, 0) is 14.3 Å². The van der Waals surface area contributed by atoms with Crippen LogP contribution in [0.25, 0.3) is 0 Å². The van der Waals surface area contributed by atoms with E-state index in [4.69, 9.17) is 9.47 Å². The zero-order valence-electron chi connectivity index (χ0n) is 8.72. The van der Waals surface area contributed by atoms with Crippen molar-refractivity contribution in [1.29, 1.82) is 0 Å². The average Bonchev–Trinajstić information content (AvgIpc) is 2.89. The molecular formula is C12H16O3. The number of Topliss-reactive ketones (excluding diaryl/α,β-unsaturated/α-hetero) is 1. The van der Waals surface area contributed by atoms with E-state index in [9.17, 15) is 4.79 Å². The van der Waals surface area contributed by atoms with Crippen LogP contribution in [0.15, 0.2) is 12.2 Å². The van der Waals surface area contributed by atoms with Crippen molar-refractivity contribution in [2.24, 2.45) is 11.8 Å². The topological polar surface area (TPSA) is 38.8 Å². The molecule has 0 aromatic heterocycles. The summed E-state index contributed by atoms with van der Waals surface area (Å²) in [6.45, 7) is 0.645. The normalized spacial score (nSPS) is 46.8. The molecule has 0 radical (unpaired) electrons. The molecular weight excluding hydrogens is 192 g/mol. The van der Waals surface area contributed by atoms with E-state index in [0.29, 0.717) is 30.6 Å². The fourth-order valence-corrected chi connectivity index (χ4v) is 2.85. The number of carbonyl (C=O) groups is 1. The van der Waals surface area contributed by atoms with Crippen LogP contribution < -0.4 is 0 Å². The van der Waals surface area contributed by atoms with Gasteiger partial charge in [0.25, 0.3) is 0 Å². The minimum atomic E-state index is -0.0360. The van der Waals surface area contributed by atoms with Gasteiger partial charge in [0.1, 0.15) is 11.9 Å². The Morgan fingerprint density at radius 3 is 3.13 bits per heavy atom. The number of rotatable bonds is 0. The Labute approximate surface area is 89.4 Å². The quantitative estimate of drug-likeness (QED) is 0.449. The van der Waals surface area contributed by atoms with E-state index in [1.807, 2.05) is 0 Å². The molecule has 2 aliphatic heterocycles. The molecule has 3 heteroatoms. The van der Waals surface area contributed by atoms with E-state index in [0.717, 1.165) is 19.3 Å². The molecule has 3 aliphatic rings. The lowest BCUT2D eigenvalue weighted by atomic mass is 9.89. The number of carbonyl (C=O) groups excluding carboxylic acids is 1. The second kappa shape index (κ2) is 3.72. The summed E-state index contributed by atoms with van der Waals surface area (Å²) in [7, 11) is 0. The number of fused-ring (bicyclic) bond motifs is 3. The number of epoxide rings is 1. The average molecular weight is 208 g/mol. The summed E-state index contributed by atoms with van der Waals surface area (Å²) >= 11 is 0. The maximum absolute atomic E-state index is 11.5. The predicted octanol–water partition coefficient (Wildman–Crippen LogP) is 1.67. The van der Waals surface area contributed by atoms with Crippen LogP contribution in [0.3, 0.4) is 0 Å². The fraction of sp³-hybridized carbons (Fsp3) is 0.750. The van der Waals surface area contributed by atoms with E-state index in [2.05, 4.69) is 12.2 Å². The number of hydrogen-bond acceptors (Lipinski definition) is 3. The van der Waals surface area contributed by atoms with Gasteiger partial charge in [0, 0.05) is 18.8 Å². The molecule has 3 rings (SSSR count). The zero-order valence-corrected chi connectivity index (χ0v) is 8.72. The lowest BCUT2D eigenvalue weighted by molar-refractivity contribution is -0.117. The lowest BCUT2D eigenvalue weighted by Crippen LogP contribution is -2.17. The SMILES string of the molecule is O=C1CC2CC/C=C\COC3OC3C2C1. The van der Waals surface area contributed by atoms with Gasteiger partial charge in [-0.25, -0.2) is 0 Å². The molecule has 0 N–H and O–H groups in total. The van der Waals surface area contributed by atoms with Gasteiger partial charge < -0.3 is 9.47 Å². The van der Waals surface area contributed by atoms with Crippen molar-refractivity contribution in [3.8, 4) is 0 Å². The summed E-state index contributed by atoms with van der Waals surface area (Å²) in [6, 6.07) is 0. The van der Waals surface area contributed by atoms with Crippen LogP contribution in [0, 0.1) is 11.8 Å². The van der Waals surface area contributed by atoms with E-state index in [1.54, 1.807) is 0 Å². The number of ether oxygens (including phenoxy) is 2. The fourth-order valence-electron chi connectivity index (χ4n) is 2.85. The Morgan fingerprint density at radius 2 is 2.20 bits per heavy atom. The summed E-state index contributed by atoms with van der Waals surface area (Å²) < 4.78 is 11.0. The minimum Gasteiger partial charge on any atom is -0.346 e. The molecule has 0 spiro atoms. The third kappa shape index (κ3) is 1.86. The molecule has 2 heterocycles. The van der Waals surface area contributed by atoms with Crippen molar-refractivity contribution in [3.63, 3.8) is 0 Å². The third-order valence-electron chi connectivity index (χ3n) is 3.69. The molecule has 4 unspecified atom stereocenters. The smallest absolute Gasteiger partial charge is 0.185 e. The van der Waals surface area contributed by atoms with Gasteiger partial charge in [0.05, 0.1) is 6.61 Å². The standard InChI is InChI=1S/C12H16O3/c13-9-6-8-4-2-1-3-5-14-12-11(15-12)10(8)7-9/h1,3,8,10-12H,2,4-7H2/b3-1-. The summed E-state index contributed by atoms with van der Waals surface area (Å²) in [5, 5.41) is 0. The predicted molar refractivity (Wildman–Crippen MR) is 54.2 cm³/mol. The molecule has 0 aromatic carbocycles. The first kappa shape index (κ1) is 9.55. The Bertz CT molecular complexity index is 297. The number of allylic oxidation sites excluding steroid dienone is 1. The van der Waals surface area contributed by atoms with Gasteiger partial charge in [-0.2, -0.15) is 0 Å². The maximum atomic E-state index is 11.5. The molecule has 0 bridgehead atoms. The molecule has 0 aromatic rings. The highest BCUT2D eigenvalue weighted by molar-refractivity contribution is 5.81. The Balaban J connectivity index is 1.74. The van der Waals surface area contributed by atoms with Gasteiger partial charge in [-0.1, -0.05) is 12.2 Å². The van der Waals surface area contributed by atoms with Crippen molar-refractivity contribution in [2.75, 3.05) is 6.61 Å². The third-order valence-corrected chi connectivity index (χ3v) is 3.69. The maximum Gasteiger partial charge on any atom is 0.185 e. The molecule has 82 valence electrons. The highest BCUT2D eigenvalue weighted by Gasteiger charge is 2.51. The second-order valence-corrected chi connectivity index (χ2v) is 4.72. The van der Waals surface area contributed by atoms with Gasteiger partial charge in [-0.3, -0.25) is 4.79 Å². The van der Waals surface area contributed by atoms with E-state index in [-0.39, 0.29) is 12.4 Å². The van der Waals surface area contributed by atoms with Crippen LogP contribution in [-0.4, -0.2) is 24.8 Å². The van der Waals surface area contributed by atoms with Gasteiger partial charge in [-0.15, -0.1) is 0 Å². The van der Waals surface area contributed by atoms with Crippen LogP contribution >= 0.6 is 0 Å². The summed E-state index contributed by atoms with van der Waals surface area (Å²) in [5.41, 5.74) is 0. The first-order chi connectivity index (χ1) is 7.34. The molecule has 1 saturated heterocycles. The zero-order chi connectivity index (χ0) is 10.3. The highest BCUT2D eigenvalue weighted by atomic mass is 16.8. The largest absolute Gasteiger partial charge is 0.346 e. The van der Waals surface area contributed by atoms with Crippen molar-refractivity contribution >= 4 is 5.78 Å². The van der Waals surface area contributed by atoms with E-state index in [1.165, 1.54) is 0 Å². The van der Waals surface area contributed by atoms with Crippen LogP contribution in [0.1, 0.15) is 25.7 Å². The first-order valence-corrected chi connectivity index (χ1v) is 5.78. The van der Waals surface area contributed by atoms with Crippen molar-refractivity contribution in [2.45, 2.75) is 38.1 Å². The molecule has 3 nitrogen and oxygen atoms in total. The van der Waals surface area contributed by atoms with E-state index < -0.39 is 0 Å². The van der Waals surface area contributed by atoms with Gasteiger partial charge >= 0.3 is 0 Å². The molecule has 1 aliphatic carbocycles. The number of hydrogen-bond donors (Lipinski definition) is 0. The Morgan fingerprint density at radius 1 is 1.27 bits per heavy atom. The van der Waals surface area contributed by atoms with E-state index >= 15 is 0 Å². The lowest BCUT2D eigenvalue weighted by Gasteiger charge is -2.16. The second-order valence-electron chi connectivity index (χ2n) is 4.72. The first-order valence-electron chi connectivity index (χ1n) is 5.78. The van der Waals surface area contributed by atoms with Crippen molar-refractivity contribution in [3.05, 3.63) is 12.2 Å².